The molecule has 0 spiro atoms. The Balaban J connectivity index is 1.30. The molecule has 7 nitrogen and oxygen atoms in total. The predicted molar refractivity (Wildman–Crippen MR) is 125 cm³/mol. The van der Waals surface area contributed by atoms with E-state index in [1.165, 1.54) is 10.9 Å². The fourth-order valence-corrected chi connectivity index (χ4v) is 4.99. The molecule has 0 bridgehead atoms. The number of ether oxygens (including phenoxy) is 1. The van der Waals surface area contributed by atoms with Gasteiger partial charge in [0.15, 0.2) is 11.6 Å². The summed E-state index contributed by atoms with van der Waals surface area (Å²) in [6, 6.07) is 7.43. The van der Waals surface area contributed by atoms with Gasteiger partial charge in [0.05, 0.1) is 30.7 Å². The topological polar surface area (TPSA) is 82.2 Å². The first-order valence-corrected chi connectivity index (χ1v) is 12.2. The van der Waals surface area contributed by atoms with E-state index in [-0.39, 0.29) is 18.2 Å². The normalized spacial score (nSPS) is 20.7. The zero-order valence-corrected chi connectivity index (χ0v) is 19.7. The van der Waals surface area contributed by atoms with Crippen molar-refractivity contribution in [2.75, 3.05) is 25.1 Å². The zero-order chi connectivity index (χ0) is 23.0. The minimum Gasteiger partial charge on any atom is -0.444 e. The Morgan fingerprint density at radius 1 is 1.33 bits per heavy atom. The molecule has 1 aliphatic heterocycles. The molecule has 1 atom stereocenters. The van der Waals surface area contributed by atoms with Gasteiger partial charge in [-0.1, -0.05) is 23.4 Å². The molecular formula is C23H24ClFN4O3S. The molecule has 5 rings (SSSR count). The van der Waals surface area contributed by atoms with Crippen molar-refractivity contribution in [3.63, 3.8) is 0 Å². The molecule has 2 aliphatic rings. The third-order valence-corrected chi connectivity index (χ3v) is 7.12. The van der Waals surface area contributed by atoms with E-state index in [0.717, 1.165) is 28.5 Å². The molecule has 33 heavy (non-hydrogen) atoms. The van der Waals surface area contributed by atoms with Crippen LogP contribution in [0.5, 0.6) is 0 Å². The quantitative estimate of drug-likeness (QED) is 0.491. The molecule has 0 radical (unpaired) electrons. The van der Waals surface area contributed by atoms with Crippen LogP contribution in [-0.2, 0) is 4.74 Å². The molecule has 1 N–H and O–H groups in total. The van der Waals surface area contributed by atoms with Gasteiger partial charge in [0, 0.05) is 24.3 Å². The summed E-state index contributed by atoms with van der Waals surface area (Å²) in [5, 5.41) is 8.01. The highest BCUT2D eigenvalue weighted by Crippen LogP contribution is 2.45. The van der Waals surface area contributed by atoms with Crippen molar-refractivity contribution in [2.24, 2.45) is 0 Å². The van der Waals surface area contributed by atoms with Crippen molar-refractivity contribution in [1.29, 1.82) is 0 Å². The van der Waals surface area contributed by atoms with Gasteiger partial charge in [-0.15, -0.1) is 0 Å². The molecule has 3 aromatic rings. The molecule has 1 saturated heterocycles. The minimum absolute atomic E-state index is 0.00808. The molecule has 174 valence electrons. The van der Waals surface area contributed by atoms with Crippen LogP contribution in [0.1, 0.15) is 43.3 Å². The highest BCUT2D eigenvalue weighted by Gasteiger charge is 2.33. The molecule has 1 saturated carbocycles. The van der Waals surface area contributed by atoms with Crippen molar-refractivity contribution in [1.82, 2.24) is 14.8 Å². The zero-order valence-electron chi connectivity index (χ0n) is 18.1. The molecule has 10 heteroatoms. The number of hydrogen-bond donors (Lipinski definition) is 1. The monoisotopic (exact) mass is 490 g/mol. The number of nitrogens with one attached hydrogen (secondary N) is 1. The number of oxazole rings is 1. The maximum Gasteiger partial charge on any atom is 0.292 e. The van der Waals surface area contributed by atoms with Gasteiger partial charge in [-0.2, -0.15) is 9.78 Å². The maximum atomic E-state index is 14.8. The van der Waals surface area contributed by atoms with Crippen LogP contribution >= 0.6 is 23.4 Å². The van der Waals surface area contributed by atoms with Crippen LogP contribution in [-0.4, -0.2) is 40.2 Å². The summed E-state index contributed by atoms with van der Waals surface area (Å²) in [5.74, 6) is 2.11. The van der Waals surface area contributed by atoms with Gasteiger partial charge in [-0.25, -0.2) is 9.37 Å². The number of benzene rings is 1. The molecule has 2 aromatic heterocycles. The fraction of sp³-hybridized carbons (Fsp3) is 0.435. The lowest BCUT2D eigenvalue weighted by Gasteiger charge is -2.29. The third-order valence-electron chi connectivity index (χ3n) is 5.76. The second-order valence-corrected chi connectivity index (χ2v) is 9.96. The van der Waals surface area contributed by atoms with E-state index in [1.807, 2.05) is 19.1 Å². The Kier molecular flexibility index (Phi) is 6.20. The van der Waals surface area contributed by atoms with E-state index in [1.54, 1.807) is 23.9 Å². The number of alkyl halides is 1. The van der Waals surface area contributed by atoms with Crippen molar-refractivity contribution in [3.05, 3.63) is 57.5 Å². The molecule has 2 fully saturated rings. The molecule has 1 aliphatic carbocycles. The Morgan fingerprint density at radius 2 is 2.12 bits per heavy atom. The van der Waals surface area contributed by atoms with Crippen molar-refractivity contribution in [2.45, 2.75) is 54.1 Å². The van der Waals surface area contributed by atoms with Crippen LogP contribution in [0.2, 0.25) is 5.02 Å². The van der Waals surface area contributed by atoms with E-state index in [2.05, 4.69) is 15.4 Å². The lowest BCUT2D eigenvalue weighted by atomic mass is 9.99. The van der Waals surface area contributed by atoms with Crippen molar-refractivity contribution < 1.29 is 13.5 Å². The Bertz CT molecular complexity index is 1200. The van der Waals surface area contributed by atoms with Gasteiger partial charge in [0.2, 0.25) is 0 Å². The molecule has 0 amide bonds. The summed E-state index contributed by atoms with van der Waals surface area (Å²) < 4.78 is 27.0. The van der Waals surface area contributed by atoms with E-state index >= 15 is 0 Å². The van der Waals surface area contributed by atoms with Gasteiger partial charge < -0.3 is 14.5 Å². The number of halogens is 2. The van der Waals surface area contributed by atoms with E-state index in [9.17, 15) is 9.18 Å². The smallest absolute Gasteiger partial charge is 0.292 e. The highest BCUT2D eigenvalue weighted by molar-refractivity contribution is 7.99. The molecule has 3 heterocycles. The third kappa shape index (κ3) is 4.95. The average molecular weight is 491 g/mol. The van der Waals surface area contributed by atoms with Crippen LogP contribution in [0.4, 0.5) is 10.1 Å². The summed E-state index contributed by atoms with van der Waals surface area (Å²) in [5.41, 5.74) is -1.06. The van der Waals surface area contributed by atoms with Crippen LogP contribution in [0.25, 0.3) is 5.69 Å². The van der Waals surface area contributed by atoms with Gasteiger partial charge >= 0.3 is 0 Å². The van der Waals surface area contributed by atoms with Crippen molar-refractivity contribution in [3.8, 4) is 5.69 Å². The van der Waals surface area contributed by atoms with E-state index in [4.69, 9.17) is 20.8 Å². The Labute approximate surface area is 199 Å². The van der Waals surface area contributed by atoms with Gasteiger partial charge in [0.25, 0.3) is 5.56 Å². The first-order valence-electron chi connectivity index (χ1n) is 11.0. The number of anilines is 1. The van der Waals surface area contributed by atoms with E-state index < -0.39 is 11.2 Å². The number of nitrogens with zero attached hydrogens (tertiary/aromatic N) is 3. The second-order valence-electron chi connectivity index (χ2n) is 8.52. The number of aryl methyl sites for hydroxylation is 1. The Hall–Kier alpha value is -2.36. The summed E-state index contributed by atoms with van der Waals surface area (Å²) >= 11 is 7.84. The van der Waals surface area contributed by atoms with Gasteiger partial charge in [-0.05, 0) is 49.9 Å². The van der Waals surface area contributed by atoms with Crippen LogP contribution < -0.4 is 10.9 Å². The maximum absolute atomic E-state index is 14.8. The lowest BCUT2D eigenvalue weighted by molar-refractivity contribution is -0.0234. The fourth-order valence-electron chi connectivity index (χ4n) is 3.82. The predicted octanol–water partition coefficient (Wildman–Crippen LogP) is 5.14. The first-order chi connectivity index (χ1) is 15.9. The molecule has 1 unspecified atom stereocenters. The van der Waals surface area contributed by atoms with Crippen LogP contribution in [0, 0.1) is 6.92 Å². The lowest BCUT2D eigenvalue weighted by Crippen LogP contribution is -2.40. The summed E-state index contributed by atoms with van der Waals surface area (Å²) in [6.45, 7) is 2.47. The van der Waals surface area contributed by atoms with E-state index in [0.29, 0.717) is 42.6 Å². The Morgan fingerprint density at radius 3 is 2.82 bits per heavy atom. The van der Waals surface area contributed by atoms with Crippen molar-refractivity contribution >= 4 is 29.1 Å². The standard InChI is InChI=1S/C23H24ClFN4O3S/c1-14-28-21(20(32-14)15-3-4-15)33-17-7-5-16(6-8-17)29-22(30)19(24)18(11-27-29)26-12-23(25)9-2-10-31-13-23/h5-8,11,15,26H,2-4,9-10,12-13H2,1H3. The minimum atomic E-state index is -1.48. The summed E-state index contributed by atoms with van der Waals surface area (Å²) in [4.78, 5) is 18.3. The second kappa shape index (κ2) is 9.12. The first kappa shape index (κ1) is 22.4. The average Bonchev–Trinajstić information content (AvgIpc) is 3.59. The molecular weight excluding hydrogens is 467 g/mol. The van der Waals surface area contributed by atoms with Crippen LogP contribution in [0.15, 0.2) is 49.6 Å². The largest absolute Gasteiger partial charge is 0.444 e. The van der Waals surface area contributed by atoms with Gasteiger partial charge in [-0.3, -0.25) is 4.79 Å². The van der Waals surface area contributed by atoms with Gasteiger partial charge in [0.1, 0.15) is 15.8 Å². The number of aromatic nitrogens is 3. The summed E-state index contributed by atoms with van der Waals surface area (Å²) in [6.07, 6.45) is 4.79. The number of rotatable bonds is 7. The summed E-state index contributed by atoms with van der Waals surface area (Å²) in [7, 11) is 0. The SMILES string of the molecule is Cc1nc(Sc2ccc(-n3ncc(NCC4(F)CCCOC4)c(Cl)c3=O)cc2)c(C2CC2)o1. The van der Waals surface area contributed by atoms with Crippen LogP contribution in [0.3, 0.4) is 0 Å². The molecule has 1 aromatic carbocycles. The highest BCUT2D eigenvalue weighted by atomic mass is 35.5. The number of hydrogen-bond acceptors (Lipinski definition) is 7.